The Hall–Kier alpha value is -2.79. The Bertz CT molecular complexity index is 1050. The summed E-state index contributed by atoms with van der Waals surface area (Å²) in [5.74, 6) is -7.03. The Kier molecular flexibility index (Phi) is 7.18. The van der Waals surface area contributed by atoms with Crippen LogP contribution < -0.4 is 10.1 Å². The number of benzene rings is 1. The second-order valence-corrected chi connectivity index (χ2v) is 8.49. The highest BCUT2D eigenvalue weighted by Crippen LogP contribution is 2.55. The Morgan fingerprint density at radius 2 is 1.97 bits per heavy atom. The average Bonchev–Trinajstić information content (AvgIpc) is 3.07. The normalized spacial score (nSPS) is 25.8. The van der Waals surface area contributed by atoms with E-state index in [1.54, 1.807) is 13.0 Å². The number of alkyl halides is 3. The van der Waals surface area contributed by atoms with Gasteiger partial charge in [-0.2, -0.15) is 17.6 Å². The number of pyridine rings is 1. The first-order chi connectivity index (χ1) is 15.9. The van der Waals surface area contributed by atoms with Crippen molar-refractivity contribution in [3.05, 3.63) is 53.4 Å². The van der Waals surface area contributed by atoms with Crippen LogP contribution in [0.2, 0.25) is 0 Å². The summed E-state index contributed by atoms with van der Waals surface area (Å²) >= 11 is 0. The third-order valence-corrected chi connectivity index (χ3v) is 6.40. The minimum absolute atomic E-state index is 0.118. The van der Waals surface area contributed by atoms with Crippen LogP contribution in [0, 0.1) is 17.6 Å². The first-order valence-corrected chi connectivity index (χ1v) is 10.5. The predicted octanol–water partition coefficient (Wildman–Crippen LogP) is 4.54. The number of anilines is 1. The molecule has 1 fully saturated rings. The number of halogens is 5. The van der Waals surface area contributed by atoms with E-state index < -0.39 is 53.0 Å². The summed E-state index contributed by atoms with van der Waals surface area (Å²) in [6.07, 6.45) is -5.25. The van der Waals surface area contributed by atoms with Gasteiger partial charge in [-0.05, 0) is 25.1 Å². The number of nitrogens with one attached hydrogen (secondary N) is 1. The van der Waals surface area contributed by atoms with Gasteiger partial charge in [0, 0.05) is 29.0 Å². The highest BCUT2D eigenvalue weighted by Gasteiger charge is 2.65. The second kappa shape index (κ2) is 9.46. The Balaban J connectivity index is 2.01. The minimum Gasteiger partial charge on any atom is -0.493 e. The molecule has 0 saturated carbocycles. The van der Waals surface area contributed by atoms with Crippen LogP contribution in [0.5, 0.6) is 5.75 Å². The van der Waals surface area contributed by atoms with Gasteiger partial charge >= 0.3 is 6.18 Å². The van der Waals surface area contributed by atoms with Gasteiger partial charge in [0.15, 0.2) is 17.2 Å². The van der Waals surface area contributed by atoms with Gasteiger partial charge in [0.2, 0.25) is 5.82 Å². The Morgan fingerprint density at radius 1 is 1.29 bits per heavy atom. The van der Waals surface area contributed by atoms with Crippen LogP contribution in [0.25, 0.3) is 0 Å². The van der Waals surface area contributed by atoms with Crippen molar-refractivity contribution in [2.45, 2.75) is 50.5 Å². The Labute approximate surface area is 193 Å². The van der Waals surface area contributed by atoms with Crippen molar-refractivity contribution in [1.82, 2.24) is 4.98 Å². The first-order valence-electron chi connectivity index (χ1n) is 10.5. The molecule has 0 radical (unpaired) electrons. The molecule has 1 amide bonds. The van der Waals surface area contributed by atoms with E-state index >= 15 is 0 Å². The van der Waals surface area contributed by atoms with Crippen LogP contribution >= 0.6 is 0 Å². The molecular weight excluding hydrogens is 463 g/mol. The number of methoxy groups -OCH3 is 1. The topological polar surface area (TPSA) is 80.7 Å². The summed E-state index contributed by atoms with van der Waals surface area (Å²) in [5.41, 5.74) is -2.12. The molecule has 1 saturated heterocycles. The van der Waals surface area contributed by atoms with E-state index in [1.807, 2.05) is 0 Å². The molecule has 0 spiro atoms. The van der Waals surface area contributed by atoms with E-state index in [0.717, 1.165) is 26.2 Å². The van der Waals surface area contributed by atoms with E-state index in [0.29, 0.717) is 5.69 Å². The summed E-state index contributed by atoms with van der Waals surface area (Å²) in [7, 11) is 1.06. The van der Waals surface area contributed by atoms with Crippen molar-refractivity contribution in [2.75, 3.05) is 19.0 Å². The third-order valence-electron chi connectivity index (χ3n) is 6.40. The lowest BCUT2D eigenvalue weighted by Crippen LogP contribution is -2.47. The molecule has 186 valence electrons. The number of aliphatic hydroxyl groups excluding tert-OH is 1. The molecule has 0 bridgehead atoms. The molecule has 1 aromatic heterocycles. The van der Waals surface area contributed by atoms with Gasteiger partial charge in [-0.3, -0.25) is 9.78 Å². The lowest BCUT2D eigenvalue weighted by atomic mass is 9.77. The number of ether oxygens (including phenoxy) is 2. The SMILES string of the molecule is COc1c([C@H]2[C@H](C(=O)Nc3ccc([C@H](C)CO)nc3)O[C@@](C)(C(F)(F)F)[C@H]2C)ccc(F)c1F. The number of aromatic nitrogens is 1. The number of hydrogen-bond acceptors (Lipinski definition) is 5. The smallest absolute Gasteiger partial charge is 0.417 e. The quantitative estimate of drug-likeness (QED) is 0.584. The fourth-order valence-corrected chi connectivity index (χ4v) is 4.12. The van der Waals surface area contributed by atoms with Crippen LogP contribution in [0.4, 0.5) is 27.6 Å². The summed E-state index contributed by atoms with van der Waals surface area (Å²) in [6, 6.07) is 4.91. The molecule has 2 heterocycles. The zero-order chi connectivity index (χ0) is 25.4. The van der Waals surface area contributed by atoms with E-state index in [1.165, 1.54) is 19.2 Å². The average molecular weight is 488 g/mol. The van der Waals surface area contributed by atoms with Crippen LogP contribution in [-0.4, -0.2) is 47.6 Å². The molecule has 1 aliphatic heterocycles. The van der Waals surface area contributed by atoms with Crippen molar-refractivity contribution in [1.29, 1.82) is 0 Å². The second-order valence-electron chi connectivity index (χ2n) is 8.49. The van der Waals surface area contributed by atoms with E-state index in [-0.39, 0.29) is 23.8 Å². The van der Waals surface area contributed by atoms with E-state index in [2.05, 4.69) is 10.3 Å². The van der Waals surface area contributed by atoms with Crippen LogP contribution in [0.3, 0.4) is 0 Å². The third kappa shape index (κ3) is 4.46. The zero-order valence-electron chi connectivity index (χ0n) is 18.9. The molecular formula is C23H25F5N2O4. The molecule has 0 aliphatic carbocycles. The van der Waals surface area contributed by atoms with Gasteiger partial charge in [0.05, 0.1) is 25.6 Å². The fourth-order valence-electron chi connectivity index (χ4n) is 4.12. The number of hydrogen-bond donors (Lipinski definition) is 2. The molecule has 0 unspecified atom stereocenters. The monoisotopic (exact) mass is 488 g/mol. The van der Waals surface area contributed by atoms with E-state index in [4.69, 9.17) is 9.47 Å². The van der Waals surface area contributed by atoms with Gasteiger partial charge in [0.1, 0.15) is 6.10 Å². The Morgan fingerprint density at radius 3 is 2.50 bits per heavy atom. The zero-order valence-corrected chi connectivity index (χ0v) is 18.9. The number of nitrogens with zero attached hydrogens (tertiary/aromatic N) is 1. The van der Waals surface area contributed by atoms with Crippen molar-refractivity contribution in [3.63, 3.8) is 0 Å². The number of rotatable bonds is 6. The molecule has 1 aliphatic rings. The molecule has 34 heavy (non-hydrogen) atoms. The molecule has 5 atom stereocenters. The largest absolute Gasteiger partial charge is 0.493 e. The standard InChI is InChI=1S/C23H25F5N2O4/c1-11(10-31)16-8-5-13(9-29-16)30-21(32)20-17(12(2)22(3,34-20)23(26,27)28)14-6-7-15(24)18(25)19(14)33-4/h5-9,11-12,17,20,31H,10H2,1-4H3,(H,30,32)/t11-,12+,17+,20-,22-/m1/s1. The van der Waals surface area contributed by atoms with Crippen molar-refractivity contribution in [3.8, 4) is 5.75 Å². The minimum atomic E-state index is -4.85. The summed E-state index contributed by atoms with van der Waals surface area (Å²) in [4.78, 5) is 17.2. The van der Waals surface area contributed by atoms with Gasteiger partial charge in [0.25, 0.3) is 5.91 Å². The molecule has 11 heteroatoms. The maximum Gasteiger partial charge on any atom is 0.417 e. The lowest BCUT2D eigenvalue weighted by Gasteiger charge is -2.32. The number of amides is 1. The van der Waals surface area contributed by atoms with Crippen LogP contribution in [0.15, 0.2) is 30.5 Å². The number of carbonyl (C=O) groups excluding carboxylic acids is 1. The number of aliphatic hydroxyl groups is 1. The number of carbonyl (C=O) groups is 1. The van der Waals surface area contributed by atoms with Gasteiger partial charge in [-0.15, -0.1) is 0 Å². The maximum absolute atomic E-state index is 14.4. The first kappa shape index (κ1) is 25.8. The molecule has 2 aromatic rings. The molecule has 3 rings (SSSR count). The van der Waals surface area contributed by atoms with Gasteiger partial charge in [-0.1, -0.05) is 19.9 Å². The maximum atomic E-state index is 14.4. The molecule has 2 N–H and O–H groups in total. The fraction of sp³-hybridized carbons (Fsp3) is 0.478. The van der Waals surface area contributed by atoms with Crippen molar-refractivity contribution < 1.29 is 41.3 Å². The highest BCUT2D eigenvalue weighted by molar-refractivity contribution is 5.95. The van der Waals surface area contributed by atoms with Crippen molar-refractivity contribution in [2.24, 2.45) is 5.92 Å². The highest BCUT2D eigenvalue weighted by atomic mass is 19.4. The summed E-state index contributed by atoms with van der Waals surface area (Å²) in [6.45, 7) is 3.65. The van der Waals surface area contributed by atoms with Crippen LogP contribution in [0.1, 0.15) is 43.9 Å². The van der Waals surface area contributed by atoms with Crippen LogP contribution in [-0.2, 0) is 9.53 Å². The summed E-state index contributed by atoms with van der Waals surface area (Å²) in [5, 5.41) is 11.7. The van der Waals surface area contributed by atoms with Gasteiger partial charge < -0.3 is 19.9 Å². The predicted molar refractivity (Wildman–Crippen MR) is 113 cm³/mol. The lowest BCUT2D eigenvalue weighted by molar-refractivity contribution is -0.272. The summed E-state index contributed by atoms with van der Waals surface area (Å²) < 4.78 is 80.3. The van der Waals surface area contributed by atoms with Crippen molar-refractivity contribution >= 4 is 11.6 Å². The molecule has 6 nitrogen and oxygen atoms in total. The molecule has 1 aromatic carbocycles. The van der Waals surface area contributed by atoms with Gasteiger partial charge in [-0.25, -0.2) is 4.39 Å². The van der Waals surface area contributed by atoms with E-state index in [9.17, 15) is 31.9 Å².